The van der Waals surface area contributed by atoms with Crippen LogP contribution in [-0.2, 0) is 11.2 Å². The Labute approximate surface area is 174 Å². The van der Waals surface area contributed by atoms with Crippen LogP contribution in [0.2, 0.25) is 0 Å². The summed E-state index contributed by atoms with van der Waals surface area (Å²) in [7, 11) is 0. The van der Waals surface area contributed by atoms with Crippen LogP contribution >= 0.6 is 0 Å². The summed E-state index contributed by atoms with van der Waals surface area (Å²) >= 11 is 0. The van der Waals surface area contributed by atoms with Crippen molar-refractivity contribution in [2.24, 2.45) is 5.92 Å². The fraction of sp³-hybridized carbons (Fsp3) is 0.217. The summed E-state index contributed by atoms with van der Waals surface area (Å²) in [5.41, 5.74) is 3.78. The van der Waals surface area contributed by atoms with Gasteiger partial charge in [-0.2, -0.15) is 4.98 Å². The lowest BCUT2D eigenvalue weighted by molar-refractivity contribution is -0.117. The van der Waals surface area contributed by atoms with Gasteiger partial charge in [0.2, 0.25) is 11.9 Å². The highest BCUT2D eigenvalue weighted by Crippen LogP contribution is 2.30. The average Bonchev–Trinajstić information content (AvgIpc) is 3.55. The molecule has 0 aliphatic heterocycles. The van der Waals surface area contributed by atoms with Crippen LogP contribution in [0.4, 0.5) is 11.8 Å². The molecule has 3 heterocycles. The molecule has 150 valence electrons. The highest BCUT2D eigenvalue weighted by atomic mass is 16.2. The van der Waals surface area contributed by atoms with Gasteiger partial charge in [0.15, 0.2) is 5.65 Å². The van der Waals surface area contributed by atoms with Crippen LogP contribution in [0.15, 0.2) is 66.9 Å². The van der Waals surface area contributed by atoms with Gasteiger partial charge >= 0.3 is 0 Å². The molecular weight excluding hydrogens is 376 g/mol. The maximum absolute atomic E-state index is 12.0. The molecule has 1 aliphatic carbocycles. The summed E-state index contributed by atoms with van der Waals surface area (Å²) in [6.45, 7) is 0.819. The first kappa shape index (κ1) is 18.3. The van der Waals surface area contributed by atoms with E-state index in [9.17, 15) is 4.79 Å². The molecule has 3 aromatic heterocycles. The van der Waals surface area contributed by atoms with Crippen molar-refractivity contribution >= 4 is 23.3 Å². The molecule has 0 radical (unpaired) electrons. The van der Waals surface area contributed by atoms with Crippen molar-refractivity contribution in [3.8, 4) is 11.3 Å². The Morgan fingerprint density at radius 2 is 1.90 bits per heavy atom. The number of pyridine rings is 2. The number of hydrogen-bond donors (Lipinski definition) is 2. The van der Waals surface area contributed by atoms with Gasteiger partial charge in [0.05, 0.1) is 5.69 Å². The molecule has 7 nitrogen and oxygen atoms in total. The lowest BCUT2D eigenvalue weighted by Crippen LogP contribution is -2.14. The molecule has 0 saturated heterocycles. The molecule has 2 N–H and O–H groups in total. The van der Waals surface area contributed by atoms with Crippen LogP contribution in [0.5, 0.6) is 0 Å². The summed E-state index contributed by atoms with van der Waals surface area (Å²) in [6.07, 6.45) is 4.66. The van der Waals surface area contributed by atoms with E-state index in [1.807, 2.05) is 42.6 Å². The Hall–Kier alpha value is -3.74. The molecule has 0 spiro atoms. The van der Waals surface area contributed by atoms with Gasteiger partial charge in [-0.1, -0.05) is 36.4 Å². The summed E-state index contributed by atoms with van der Waals surface area (Å²) in [4.78, 5) is 21.0. The molecule has 30 heavy (non-hydrogen) atoms. The Bertz CT molecular complexity index is 1170. The average molecular weight is 398 g/mol. The summed E-state index contributed by atoms with van der Waals surface area (Å²) in [5.74, 6) is 1.28. The van der Waals surface area contributed by atoms with E-state index in [2.05, 4.69) is 50.0 Å². The number of nitrogens with one attached hydrogen (secondary N) is 2. The van der Waals surface area contributed by atoms with Crippen LogP contribution in [0, 0.1) is 5.92 Å². The van der Waals surface area contributed by atoms with Gasteiger partial charge in [0.1, 0.15) is 5.82 Å². The summed E-state index contributed by atoms with van der Waals surface area (Å²) in [5, 5.41) is 10.6. The van der Waals surface area contributed by atoms with Crippen LogP contribution < -0.4 is 10.6 Å². The fourth-order valence-corrected chi connectivity index (χ4v) is 3.36. The highest BCUT2D eigenvalue weighted by molar-refractivity contribution is 5.92. The molecule has 1 aliphatic rings. The third-order valence-corrected chi connectivity index (χ3v) is 5.16. The Morgan fingerprint density at radius 1 is 1.03 bits per heavy atom. The minimum absolute atomic E-state index is 0.0000489. The number of amides is 1. The van der Waals surface area contributed by atoms with E-state index < -0.39 is 0 Å². The van der Waals surface area contributed by atoms with Crippen LogP contribution in [0.25, 0.3) is 16.9 Å². The Kier molecular flexibility index (Phi) is 4.85. The first-order valence-corrected chi connectivity index (χ1v) is 10.2. The molecule has 1 fully saturated rings. The summed E-state index contributed by atoms with van der Waals surface area (Å²) in [6, 6.07) is 20.1. The number of fused-ring (bicyclic) bond motifs is 1. The lowest BCUT2D eigenvalue weighted by Gasteiger charge is -2.08. The fourth-order valence-electron chi connectivity index (χ4n) is 3.36. The van der Waals surface area contributed by atoms with E-state index >= 15 is 0 Å². The Balaban J connectivity index is 1.29. The van der Waals surface area contributed by atoms with Gasteiger partial charge in [-0.3, -0.25) is 10.1 Å². The first-order valence-electron chi connectivity index (χ1n) is 10.2. The second-order valence-electron chi connectivity index (χ2n) is 7.47. The summed E-state index contributed by atoms with van der Waals surface area (Å²) < 4.78 is 1.74. The van der Waals surface area contributed by atoms with E-state index in [0.717, 1.165) is 42.9 Å². The van der Waals surface area contributed by atoms with Crippen molar-refractivity contribution in [1.82, 2.24) is 19.6 Å². The maximum Gasteiger partial charge on any atom is 0.249 e. The van der Waals surface area contributed by atoms with Crippen molar-refractivity contribution in [1.29, 1.82) is 0 Å². The minimum atomic E-state index is 0.0000489. The van der Waals surface area contributed by atoms with Crippen molar-refractivity contribution in [2.45, 2.75) is 19.3 Å². The molecule has 0 unspecified atom stereocenters. The number of carbonyl (C=O) groups is 1. The predicted octanol–water partition coefficient (Wildman–Crippen LogP) is 3.79. The largest absolute Gasteiger partial charge is 0.370 e. The molecule has 0 bridgehead atoms. The Morgan fingerprint density at radius 3 is 2.67 bits per heavy atom. The van der Waals surface area contributed by atoms with E-state index in [1.165, 1.54) is 5.56 Å². The number of carbonyl (C=O) groups excluding carboxylic acids is 1. The number of nitrogens with zero attached hydrogens (tertiary/aromatic N) is 4. The third-order valence-electron chi connectivity index (χ3n) is 5.16. The van der Waals surface area contributed by atoms with Gasteiger partial charge in [-0.05, 0) is 49.1 Å². The quantitative estimate of drug-likeness (QED) is 0.495. The minimum Gasteiger partial charge on any atom is -0.370 e. The second-order valence-corrected chi connectivity index (χ2v) is 7.47. The number of benzene rings is 1. The molecular formula is C23H22N6O. The van der Waals surface area contributed by atoms with Gasteiger partial charge < -0.3 is 5.32 Å². The third kappa shape index (κ3) is 4.00. The molecule has 0 atom stereocenters. The highest BCUT2D eigenvalue weighted by Gasteiger charge is 2.30. The number of rotatable bonds is 7. The van der Waals surface area contributed by atoms with E-state index in [4.69, 9.17) is 0 Å². The number of aromatic nitrogens is 4. The molecule has 1 aromatic carbocycles. The zero-order valence-corrected chi connectivity index (χ0v) is 16.5. The normalized spacial score (nSPS) is 13.3. The van der Waals surface area contributed by atoms with Crippen molar-refractivity contribution in [3.05, 3.63) is 72.4 Å². The predicted molar refractivity (Wildman–Crippen MR) is 116 cm³/mol. The molecule has 4 aromatic rings. The first-order chi connectivity index (χ1) is 14.8. The van der Waals surface area contributed by atoms with Gasteiger partial charge in [0.25, 0.3) is 0 Å². The van der Waals surface area contributed by atoms with Crippen molar-refractivity contribution in [3.63, 3.8) is 0 Å². The van der Waals surface area contributed by atoms with E-state index in [-0.39, 0.29) is 11.8 Å². The maximum atomic E-state index is 12.0. The van der Waals surface area contributed by atoms with E-state index in [1.54, 1.807) is 4.52 Å². The SMILES string of the molecule is O=C(Nc1nc2cccc(-c3ccc(NCCc4ccccc4)nc3)n2n1)C1CC1. The number of anilines is 2. The van der Waals surface area contributed by atoms with Crippen LogP contribution in [0.3, 0.4) is 0 Å². The second kappa shape index (κ2) is 7.94. The molecule has 7 heteroatoms. The zero-order valence-electron chi connectivity index (χ0n) is 16.5. The molecule has 1 saturated carbocycles. The van der Waals surface area contributed by atoms with Crippen molar-refractivity contribution in [2.75, 3.05) is 17.2 Å². The topological polar surface area (TPSA) is 84.2 Å². The van der Waals surface area contributed by atoms with Gasteiger partial charge in [0, 0.05) is 24.2 Å². The van der Waals surface area contributed by atoms with Crippen LogP contribution in [-0.4, -0.2) is 32.0 Å². The number of hydrogen-bond acceptors (Lipinski definition) is 5. The molecule has 1 amide bonds. The van der Waals surface area contributed by atoms with Crippen LogP contribution in [0.1, 0.15) is 18.4 Å². The smallest absolute Gasteiger partial charge is 0.249 e. The standard InChI is InChI=1S/C23H22N6O/c30-22(17-9-10-17)27-23-26-21-8-4-7-19(29(21)28-23)18-11-12-20(25-15-18)24-14-13-16-5-2-1-3-6-16/h1-8,11-12,15,17H,9-10,13-14H2,(H,24,25)(H,27,28,30). The monoisotopic (exact) mass is 398 g/mol. The lowest BCUT2D eigenvalue weighted by atomic mass is 10.1. The van der Waals surface area contributed by atoms with Gasteiger partial charge in [-0.25, -0.2) is 9.50 Å². The van der Waals surface area contributed by atoms with Crippen molar-refractivity contribution < 1.29 is 4.79 Å². The van der Waals surface area contributed by atoms with E-state index in [0.29, 0.717) is 11.6 Å². The van der Waals surface area contributed by atoms with Gasteiger partial charge in [-0.15, -0.1) is 5.10 Å². The molecule has 5 rings (SSSR count). The zero-order chi connectivity index (χ0) is 20.3.